The monoisotopic (exact) mass is 206 g/mol. The first-order valence-corrected chi connectivity index (χ1v) is 4.69. The quantitative estimate of drug-likeness (QED) is 0.535. The molecule has 0 bridgehead atoms. The van der Waals surface area contributed by atoms with Gasteiger partial charge < -0.3 is 17.2 Å². The molecule has 0 saturated heterocycles. The number of hydrogen-bond donors (Lipinski definition) is 3. The van der Waals surface area contributed by atoms with Crippen molar-refractivity contribution in [2.75, 3.05) is 0 Å². The van der Waals surface area contributed by atoms with Crippen LogP contribution < -0.4 is 17.2 Å². The first-order chi connectivity index (χ1) is 6.99. The van der Waals surface area contributed by atoms with Crippen molar-refractivity contribution >= 4 is 0 Å². The SMILES string of the molecule is C=CC(N)[C](C(=C)C(N)C=C)C(N)C=C. The van der Waals surface area contributed by atoms with E-state index in [-0.39, 0.29) is 18.1 Å². The highest BCUT2D eigenvalue weighted by Crippen LogP contribution is 2.22. The molecule has 0 fully saturated rings. The van der Waals surface area contributed by atoms with E-state index in [2.05, 4.69) is 26.3 Å². The Hall–Kier alpha value is -1.16. The van der Waals surface area contributed by atoms with Gasteiger partial charge in [-0.25, -0.2) is 0 Å². The second-order valence-electron chi connectivity index (χ2n) is 3.27. The summed E-state index contributed by atoms with van der Waals surface area (Å²) in [6.45, 7) is 14.7. The van der Waals surface area contributed by atoms with Gasteiger partial charge in [0.2, 0.25) is 0 Å². The molecule has 0 rings (SSSR count). The summed E-state index contributed by atoms with van der Waals surface area (Å²) in [5.41, 5.74) is 18.2. The average Bonchev–Trinajstić information content (AvgIpc) is 2.27. The molecule has 0 heterocycles. The molecule has 1 radical (unpaired) electrons. The zero-order valence-corrected chi connectivity index (χ0v) is 9.02. The second-order valence-corrected chi connectivity index (χ2v) is 3.27. The summed E-state index contributed by atoms with van der Waals surface area (Å²) < 4.78 is 0. The van der Waals surface area contributed by atoms with Gasteiger partial charge in [0.1, 0.15) is 0 Å². The topological polar surface area (TPSA) is 78.1 Å². The van der Waals surface area contributed by atoms with Crippen LogP contribution in [0.4, 0.5) is 0 Å². The summed E-state index contributed by atoms with van der Waals surface area (Å²) in [5, 5.41) is 0. The smallest absolute Gasteiger partial charge is 0.0442 e. The van der Waals surface area contributed by atoms with E-state index in [1.807, 2.05) is 0 Å². The Morgan fingerprint density at radius 1 is 0.800 bits per heavy atom. The summed E-state index contributed by atoms with van der Waals surface area (Å²) >= 11 is 0. The van der Waals surface area contributed by atoms with E-state index in [1.54, 1.807) is 18.2 Å². The molecule has 0 aromatic rings. The first-order valence-electron chi connectivity index (χ1n) is 4.69. The number of hydrogen-bond acceptors (Lipinski definition) is 3. The fraction of sp³-hybridized carbons (Fsp3) is 0.250. The molecule has 0 aromatic carbocycles. The fourth-order valence-electron chi connectivity index (χ4n) is 1.24. The van der Waals surface area contributed by atoms with Gasteiger partial charge in [0, 0.05) is 24.0 Å². The van der Waals surface area contributed by atoms with Crippen molar-refractivity contribution in [1.29, 1.82) is 0 Å². The van der Waals surface area contributed by atoms with E-state index in [0.717, 1.165) is 5.92 Å². The van der Waals surface area contributed by atoms with Gasteiger partial charge in [-0.05, 0) is 5.57 Å². The molecule has 0 aromatic heterocycles. The highest BCUT2D eigenvalue weighted by Gasteiger charge is 2.26. The summed E-state index contributed by atoms with van der Waals surface area (Å²) in [4.78, 5) is 0. The van der Waals surface area contributed by atoms with Crippen LogP contribution >= 0.6 is 0 Å². The molecule has 3 unspecified atom stereocenters. The largest absolute Gasteiger partial charge is 0.324 e. The van der Waals surface area contributed by atoms with E-state index in [0.29, 0.717) is 5.57 Å². The highest BCUT2D eigenvalue weighted by atomic mass is 14.7. The summed E-state index contributed by atoms with van der Waals surface area (Å²) in [6.07, 6.45) is 4.79. The van der Waals surface area contributed by atoms with Crippen LogP contribution in [-0.2, 0) is 0 Å². The third-order valence-electron chi connectivity index (χ3n) is 2.25. The predicted octanol–water partition coefficient (Wildman–Crippen LogP) is 0.657. The average molecular weight is 206 g/mol. The maximum absolute atomic E-state index is 5.85. The lowest BCUT2D eigenvalue weighted by atomic mass is 9.83. The van der Waals surface area contributed by atoms with Crippen molar-refractivity contribution in [3.05, 3.63) is 56.0 Å². The molecule has 0 spiro atoms. The van der Waals surface area contributed by atoms with Gasteiger partial charge >= 0.3 is 0 Å². The van der Waals surface area contributed by atoms with Crippen LogP contribution in [0.15, 0.2) is 50.1 Å². The molecule has 83 valence electrons. The third-order valence-corrected chi connectivity index (χ3v) is 2.25. The van der Waals surface area contributed by atoms with Crippen molar-refractivity contribution in [3.63, 3.8) is 0 Å². The lowest BCUT2D eigenvalue weighted by Crippen LogP contribution is -2.43. The van der Waals surface area contributed by atoms with Crippen LogP contribution in [0.5, 0.6) is 0 Å². The van der Waals surface area contributed by atoms with Gasteiger partial charge in [0.25, 0.3) is 0 Å². The molecular formula is C12H20N3. The third kappa shape index (κ3) is 3.47. The number of nitrogens with two attached hydrogens (primary N) is 3. The Balaban J connectivity index is 4.92. The Kier molecular flexibility index (Phi) is 5.86. The van der Waals surface area contributed by atoms with Gasteiger partial charge in [-0.2, -0.15) is 0 Å². The molecule has 0 saturated carbocycles. The van der Waals surface area contributed by atoms with Crippen molar-refractivity contribution < 1.29 is 0 Å². The summed E-state index contributed by atoms with van der Waals surface area (Å²) in [6, 6.07) is -1.08. The molecule has 0 aliphatic carbocycles. The van der Waals surface area contributed by atoms with Gasteiger partial charge in [-0.3, -0.25) is 0 Å². The molecule has 0 aliphatic heterocycles. The predicted molar refractivity (Wildman–Crippen MR) is 66.9 cm³/mol. The van der Waals surface area contributed by atoms with Crippen LogP contribution in [0.25, 0.3) is 0 Å². The van der Waals surface area contributed by atoms with Crippen molar-refractivity contribution in [1.82, 2.24) is 0 Å². The maximum Gasteiger partial charge on any atom is 0.0442 e. The van der Waals surface area contributed by atoms with Gasteiger partial charge in [0.15, 0.2) is 0 Å². The Morgan fingerprint density at radius 3 is 1.40 bits per heavy atom. The normalized spacial score (nSPS) is 16.5. The molecule has 3 atom stereocenters. The van der Waals surface area contributed by atoms with Gasteiger partial charge in [0.05, 0.1) is 0 Å². The highest BCUT2D eigenvalue weighted by molar-refractivity contribution is 5.39. The minimum atomic E-state index is -0.364. The standard InChI is InChI=1S/C12H20N3/c1-5-9(13)8(4)12(10(14)6-2)11(15)7-3/h5-7,9-11H,1-4,13-15H2. The molecule has 3 heteroatoms. The Morgan fingerprint density at radius 2 is 1.13 bits per heavy atom. The minimum Gasteiger partial charge on any atom is -0.324 e. The van der Waals surface area contributed by atoms with Crippen LogP contribution in [-0.4, -0.2) is 18.1 Å². The van der Waals surface area contributed by atoms with E-state index in [4.69, 9.17) is 17.2 Å². The van der Waals surface area contributed by atoms with E-state index < -0.39 is 0 Å². The fourth-order valence-corrected chi connectivity index (χ4v) is 1.24. The van der Waals surface area contributed by atoms with E-state index in [1.165, 1.54) is 0 Å². The van der Waals surface area contributed by atoms with Crippen LogP contribution in [0.1, 0.15) is 0 Å². The molecule has 6 N–H and O–H groups in total. The minimum absolute atomic E-state index is 0.350. The Bertz CT molecular complexity index is 244. The zero-order valence-electron chi connectivity index (χ0n) is 9.02. The van der Waals surface area contributed by atoms with Crippen LogP contribution in [0.2, 0.25) is 0 Å². The molecule has 15 heavy (non-hydrogen) atoms. The molecule has 0 amide bonds. The van der Waals surface area contributed by atoms with Crippen LogP contribution in [0, 0.1) is 5.92 Å². The zero-order chi connectivity index (χ0) is 12.0. The summed E-state index contributed by atoms with van der Waals surface area (Å²) in [5.74, 6) is 0.743. The summed E-state index contributed by atoms with van der Waals surface area (Å²) in [7, 11) is 0. The lowest BCUT2D eigenvalue weighted by molar-refractivity contribution is 0.693. The number of rotatable bonds is 7. The second kappa shape index (κ2) is 6.35. The molecule has 3 nitrogen and oxygen atoms in total. The van der Waals surface area contributed by atoms with E-state index >= 15 is 0 Å². The van der Waals surface area contributed by atoms with E-state index in [9.17, 15) is 0 Å². The van der Waals surface area contributed by atoms with Gasteiger partial charge in [-0.15, -0.1) is 19.7 Å². The first kappa shape index (κ1) is 13.8. The van der Waals surface area contributed by atoms with Gasteiger partial charge in [-0.1, -0.05) is 24.8 Å². The molecule has 0 aliphatic rings. The maximum atomic E-state index is 5.85. The van der Waals surface area contributed by atoms with Crippen molar-refractivity contribution in [2.24, 2.45) is 17.2 Å². The molecular weight excluding hydrogens is 186 g/mol. The van der Waals surface area contributed by atoms with Crippen molar-refractivity contribution in [2.45, 2.75) is 18.1 Å². The van der Waals surface area contributed by atoms with Crippen molar-refractivity contribution in [3.8, 4) is 0 Å². The lowest BCUT2D eigenvalue weighted by Gasteiger charge is -2.28. The Labute approximate surface area is 92.0 Å². The van der Waals surface area contributed by atoms with Crippen LogP contribution in [0.3, 0.4) is 0 Å².